The molecule has 1 aromatic heterocycles. The van der Waals surface area contributed by atoms with Crippen LogP contribution in [0.2, 0.25) is 10.0 Å². The lowest BCUT2D eigenvalue weighted by Crippen LogP contribution is -2.32. The maximum Gasteiger partial charge on any atom is 0.197 e. The van der Waals surface area contributed by atoms with Crippen molar-refractivity contribution in [3.63, 3.8) is 0 Å². The van der Waals surface area contributed by atoms with Crippen molar-refractivity contribution in [1.29, 1.82) is 0 Å². The van der Waals surface area contributed by atoms with Gasteiger partial charge in [-0.2, -0.15) is 0 Å². The van der Waals surface area contributed by atoms with Gasteiger partial charge in [0.25, 0.3) is 0 Å². The standard InChI is InChI=1S/C21H19Cl2NO5.ClH/c1-24-5-4-12(14(24)9-25)19-15(26)7-16(27)20-17(28)8-18(29-21(19)20)11-3-2-10(22)6-13(11)23;/h2-3,6-8,12,14,25-27H,4-5,9H2,1H3;1H/t12-,14+;/m0./s1. The first-order valence-corrected chi connectivity index (χ1v) is 9.86. The first-order valence-electron chi connectivity index (χ1n) is 9.11. The van der Waals surface area contributed by atoms with E-state index in [1.807, 2.05) is 11.9 Å². The molecular formula is C21H20Cl3NO5. The summed E-state index contributed by atoms with van der Waals surface area (Å²) in [6.07, 6.45) is 0.658. The number of nitrogens with zero attached hydrogens (tertiary/aromatic N) is 1. The number of hydrogen-bond donors (Lipinski definition) is 3. The van der Waals surface area contributed by atoms with Gasteiger partial charge in [0.2, 0.25) is 0 Å². The van der Waals surface area contributed by atoms with Crippen LogP contribution in [-0.4, -0.2) is 46.5 Å². The Kier molecular flexibility index (Phi) is 6.55. The van der Waals surface area contributed by atoms with Crippen LogP contribution < -0.4 is 5.43 Å². The van der Waals surface area contributed by atoms with Gasteiger partial charge >= 0.3 is 0 Å². The molecule has 0 radical (unpaired) electrons. The number of benzene rings is 2. The molecule has 0 saturated carbocycles. The zero-order valence-electron chi connectivity index (χ0n) is 15.9. The van der Waals surface area contributed by atoms with E-state index in [-0.39, 0.29) is 59.2 Å². The third-order valence-electron chi connectivity index (χ3n) is 5.58. The highest BCUT2D eigenvalue weighted by Crippen LogP contribution is 2.44. The summed E-state index contributed by atoms with van der Waals surface area (Å²) in [5.41, 5.74) is 0.490. The van der Waals surface area contributed by atoms with Crippen molar-refractivity contribution in [3.8, 4) is 22.8 Å². The van der Waals surface area contributed by atoms with E-state index in [0.717, 1.165) is 6.07 Å². The van der Waals surface area contributed by atoms with E-state index in [1.165, 1.54) is 12.1 Å². The highest BCUT2D eigenvalue weighted by molar-refractivity contribution is 6.36. The first-order chi connectivity index (χ1) is 13.8. The molecule has 0 spiro atoms. The molecule has 1 saturated heterocycles. The Labute approximate surface area is 188 Å². The molecule has 0 bridgehead atoms. The van der Waals surface area contributed by atoms with Gasteiger partial charge in [-0.25, -0.2) is 0 Å². The quantitative estimate of drug-likeness (QED) is 0.524. The zero-order chi connectivity index (χ0) is 20.9. The van der Waals surface area contributed by atoms with Gasteiger partial charge in [-0.3, -0.25) is 4.79 Å². The van der Waals surface area contributed by atoms with Crippen molar-refractivity contribution >= 4 is 46.6 Å². The Morgan fingerprint density at radius 2 is 1.90 bits per heavy atom. The molecule has 4 rings (SSSR count). The summed E-state index contributed by atoms with van der Waals surface area (Å²) in [6.45, 7) is 0.598. The molecule has 30 heavy (non-hydrogen) atoms. The second-order valence-electron chi connectivity index (χ2n) is 7.26. The molecule has 2 aromatic carbocycles. The summed E-state index contributed by atoms with van der Waals surface area (Å²) < 4.78 is 6.03. The molecule has 9 heteroatoms. The average Bonchev–Trinajstić information content (AvgIpc) is 3.01. The molecule has 0 amide bonds. The molecule has 1 fully saturated rings. The molecule has 3 N–H and O–H groups in total. The Balaban J connectivity index is 0.00000256. The molecule has 1 aliphatic heterocycles. The lowest BCUT2D eigenvalue weighted by Gasteiger charge is -2.24. The van der Waals surface area contributed by atoms with Crippen LogP contribution in [0, 0.1) is 0 Å². The predicted octanol–water partition coefficient (Wildman–Crippen LogP) is 4.38. The van der Waals surface area contributed by atoms with E-state index in [1.54, 1.807) is 12.1 Å². The van der Waals surface area contributed by atoms with Crippen LogP contribution >= 0.6 is 35.6 Å². The van der Waals surface area contributed by atoms with E-state index >= 15 is 0 Å². The SMILES string of the molecule is CN1CC[C@H](c2c(O)cc(O)c3c(=O)cc(-c4ccc(Cl)cc4Cl)oc23)[C@H]1CO.Cl. The van der Waals surface area contributed by atoms with Crippen LogP contribution in [0.5, 0.6) is 11.5 Å². The predicted molar refractivity (Wildman–Crippen MR) is 119 cm³/mol. The van der Waals surface area contributed by atoms with Crippen molar-refractivity contribution in [2.45, 2.75) is 18.4 Å². The fourth-order valence-corrected chi connectivity index (χ4v) is 4.61. The van der Waals surface area contributed by atoms with E-state index in [4.69, 9.17) is 27.6 Å². The van der Waals surface area contributed by atoms with Crippen LogP contribution in [0.4, 0.5) is 0 Å². The molecule has 0 aliphatic carbocycles. The average molecular weight is 473 g/mol. The largest absolute Gasteiger partial charge is 0.507 e. The number of halogens is 3. The monoisotopic (exact) mass is 471 g/mol. The van der Waals surface area contributed by atoms with Gasteiger partial charge in [-0.05, 0) is 38.2 Å². The second kappa shape index (κ2) is 8.65. The highest BCUT2D eigenvalue weighted by Gasteiger charge is 2.36. The lowest BCUT2D eigenvalue weighted by atomic mass is 9.89. The number of hydrogen-bond acceptors (Lipinski definition) is 6. The van der Waals surface area contributed by atoms with E-state index < -0.39 is 5.43 Å². The minimum atomic E-state index is -0.460. The molecule has 1 aliphatic rings. The zero-order valence-corrected chi connectivity index (χ0v) is 18.3. The fourth-order valence-electron chi connectivity index (χ4n) is 4.11. The first kappa shape index (κ1) is 22.7. The molecule has 6 nitrogen and oxygen atoms in total. The minimum absolute atomic E-state index is 0. The van der Waals surface area contributed by atoms with Gasteiger partial charge < -0.3 is 24.6 Å². The number of aliphatic hydroxyl groups is 1. The summed E-state index contributed by atoms with van der Waals surface area (Å²) in [7, 11) is 1.88. The van der Waals surface area contributed by atoms with Crippen molar-refractivity contribution in [2.24, 2.45) is 0 Å². The maximum absolute atomic E-state index is 12.8. The summed E-state index contributed by atoms with van der Waals surface area (Å²) >= 11 is 12.2. The topological polar surface area (TPSA) is 94.1 Å². The highest BCUT2D eigenvalue weighted by atomic mass is 35.5. The third-order valence-corrected chi connectivity index (χ3v) is 6.12. The summed E-state index contributed by atoms with van der Waals surface area (Å²) in [5, 5.41) is 31.5. The maximum atomic E-state index is 12.8. The summed E-state index contributed by atoms with van der Waals surface area (Å²) in [4.78, 5) is 14.8. The van der Waals surface area contributed by atoms with Crippen LogP contribution in [0.15, 0.2) is 39.5 Å². The number of aliphatic hydroxyl groups excluding tert-OH is 1. The van der Waals surface area contributed by atoms with Crippen LogP contribution in [0.25, 0.3) is 22.3 Å². The molecule has 2 atom stereocenters. The van der Waals surface area contributed by atoms with Gasteiger partial charge in [0.05, 0.1) is 11.6 Å². The molecule has 3 aromatic rings. The van der Waals surface area contributed by atoms with Gasteiger partial charge in [-0.1, -0.05) is 23.2 Å². The number of phenols is 2. The van der Waals surface area contributed by atoms with Crippen LogP contribution in [-0.2, 0) is 0 Å². The Hall–Kier alpha value is -1.96. The normalized spacial score (nSPS) is 19.2. The number of likely N-dealkylation sites (tertiary alicyclic amines) is 1. The number of aromatic hydroxyl groups is 2. The van der Waals surface area contributed by atoms with Gasteiger partial charge in [0.1, 0.15) is 28.2 Å². The van der Waals surface area contributed by atoms with Gasteiger partial charge in [0.15, 0.2) is 5.43 Å². The summed E-state index contributed by atoms with van der Waals surface area (Å²) in [6, 6.07) is 6.95. The minimum Gasteiger partial charge on any atom is -0.507 e. The smallest absolute Gasteiger partial charge is 0.197 e. The Bertz CT molecular complexity index is 1160. The van der Waals surface area contributed by atoms with Crippen molar-refractivity contribution in [2.75, 3.05) is 20.2 Å². The fraction of sp³-hybridized carbons (Fsp3) is 0.286. The molecule has 0 unspecified atom stereocenters. The van der Waals surface area contributed by atoms with E-state index in [2.05, 4.69) is 0 Å². The Morgan fingerprint density at radius 1 is 1.17 bits per heavy atom. The lowest BCUT2D eigenvalue weighted by molar-refractivity contribution is 0.172. The molecule has 2 heterocycles. The van der Waals surface area contributed by atoms with Crippen molar-refractivity contribution < 1.29 is 19.7 Å². The van der Waals surface area contributed by atoms with Crippen molar-refractivity contribution in [3.05, 3.63) is 56.2 Å². The van der Waals surface area contributed by atoms with E-state index in [0.29, 0.717) is 34.1 Å². The number of likely N-dealkylation sites (N-methyl/N-ethyl adjacent to an activating group) is 1. The number of phenolic OH excluding ortho intramolecular Hbond substituents is 2. The van der Waals surface area contributed by atoms with Gasteiger partial charge in [-0.15, -0.1) is 12.4 Å². The van der Waals surface area contributed by atoms with Crippen LogP contribution in [0.1, 0.15) is 17.9 Å². The van der Waals surface area contributed by atoms with Gasteiger partial charge in [0, 0.05) is 40.2 Å². The second-order valence-corrected chi connectivity index (χ2v) is 8.10. The van der Waals surface area contributed by atoms with E-state index in [9.17, 15) is 20.1 Å². The van der Waals surface area contributed by atoms with Crippen LogP contribution in [0.3, 0.4) is 0 Å². The number of rotatable bonds is 3. The van der Waals surface area contributed by atoms with Crippen molar-refractivity contribution in [1.82, 2.24) is 4.90 Å². The third kappa shape index (κ3) is 3.74. The summed E-state index contributed by atoms with van der Waals surface area (Å²) in [5.74, 6) is -0.624. The molecular weight excluding hydrogens is 453 g/mol. The Morgan fingerprint density at radius 3 is 2.57 bits per heavy atom. The number of fused-ring (bicyclic) bond motifs is 1. The molecule has 160 valence electrons.